The number of carbonyl (C=O) groups excluding carboxylic acids is 3. The summed E-state index contributed by atoms with van der Waals surface area (Å²) in [4.78, 5) is 43.0. The number of aryl methyl sites for hydroxylation is 2. The van der Waals surface area contributed by atoms with Crippen molar-refractivity contribution in [2.75, 3.05) is 13.1 Å². The molecule has 11 heteroatoms. The van der Waals surface area contributed by atoms with Crippen LogP contribution in [0.15, 0.2) is 60.7 Å². The lowest BCUT2D eigenvalue weighted by Gasteiger charge is -2.39. The van der Waals surface area contributed by atoms with E-state index in [1.165, 1.54) is 6.92 Å². The molecular weight excluding hydrogens is 501 g/mol. The van der Waals surface area contributed by atoms with E-state index in [4.69, 9.17) is 11.5 Å². The van der Waals surface area contributed by atoms with Gasteiger partial charge in [-0.05, 0) is 63.1 Å². The van der Waals surface area contributed by atoms with E-state index in [1.807, 2.05) is 48.5 Å². The Morgan fingerprint density at radius 3 is 2.03 bits per heavy atom. The van der Waals surface area contributed by atoms with Gasteiger partial charge in [0.2, 0.25) is 5.91 Å². The highest BCUT2D eigenvalue weighted by atomic mass is 19.4. The third-order valence-corrected chi connectivity index (χ3v) is 6.09. The SMILES string of the molecule is C[C@](CCCN)(C(=O)NCCCc1ccccc1)N(OC(=O)C(F)(F)F)C(=O)[C@@H](N)CCc1ccccc1. The van der Waals surface area contributed by atoms with Crippen LogP contribution in [0.2, 0.25) is 0 Å². The highest BCUT2D eigenvalue weighted by Gasteiger charge is 2.50. The van der Waals surface area contributed by atoms with Gasteiger partial charge < -0.3 is 21.6 Å². The molecule has 0 saturated heterocycles. The molecule has 0 heterocycles. The van der Waals surface area contributed by atoms with Gasteiger partial charge in [0, 0.05) is 6.54 Å². The Morgan fingerprint density at radius 1 is 0.947 bits per heavy atom. The van der Waals surface area contributed by atoms with Crippen LogP contribution in [0.5, 0.6) is 0 Å². The predicted molar refractivity (Wildman–Crippen MR) is 136 cm³/mol. The third kappa shape index (κ3) is 9.14. The fourth-order valence-electron chi connectivity index (χ4n) is 3.85. The van der Waals surface area contributed by atoms with Crippen molar-refractivity contribution in [2.24, 2.45) is 11.5 Å². The Kier molecular flexibility index (Phi) is 11.7. The molecule has 0 aromatic heterocycles. The summed E-state index contributed by atoms with van der Waals surface area (Å²) in [5, 5.41) is 2.85. The Balaban J connectivity index is 2.22. The lowest BCUT2D eigenvalue weighted by Crippen LogP contribution is -2.63. The number of alkyl halides is 3. The minimum atomic E-state index is -5.40. The molecule has 0 aliphatic heterocycles. The maximum Gasteiger partial charge on any atom is 0.493 e. The first-order chi connectivity index (χ1) is 18.0. The first-order valence-electron chi connectivity index (χ1n) is 12.4. The number of rotatable bonds is 13. The molecule has 2 aromatic rings. The van der Waals surface area contributed by atoms with Crippen LogP contribution in [-0.2, 0) is 32.1 Å². The van der Waals surface area contributed by atoms with Crippen molar-refractivity contribution in [3.05, 3.63) is 71.8 Å². The van der Waals surface area contributed by atoms with Crippen molar-refractivity contribution < 1.29 is 32.4 Å². The highest BCUT2D eigenvalue weighted by molar-refractivity contribution is 5.93. The monoisotopic (exact) mass is 536 g/mol. The van der Waals surface area contributed by atoms with Gasteiger partial charge in [0.25, 0.3) is 5.91 Å². The molecule has 0 fully saturated rings. The number of hydrogen-bond donors (Lipinski definition) is 3. The number of hydrogen-bond acceptors (Lipinski definition) is 6. The molecule has 2 aromatic carbocycles. The minimum Gasteiger partial charge on any atom is -0.354 e. The summed E-state index contributed by atoms with van der Waals surface area (Å²) in [6, 6.07) is 17.2. The maximum absolute atomic E-state index is 13.3. The van der Waals surface area contributed by atoms with E-state index < -0.39 is 35.5 Å². The van der Waals surface area contributed by atoms with Gasteiger partial charge in [-0.1, -0.05) is 60.7 Å². The van der Waals surface area contributed by atoms with Crippen LogP contribution < -0.4 is 16.8 Å². The second kappa shape index (κ2) is 14.5. The number of benzene rings is 2. The summed E-state index contributed by atoms with van der Waals surface area (Å²) in [5.41, 5.74) is 11.6. The summed E-state index contributed by atoms with van der Waals surface area (Å²) in [6.07, 6.45) is -3.80. The van der Waals surface area contributed by atoms with Crippen molar-refractivity contribution in [1.29, 1.82) is 0 Å². The average molecular weight is 537 g/mol. The van der Waals surface area contributed by atoms with Gasteiger partial charge in [-0.15, -0.1) is 0 Å². The Morgan fingerprint density at radius 2 is 1.50 bits per heavy atom. The number of nitrogens with one attached hydrogen (secondary N) is 1. The molecule has 0 unspecified atom stereocenters. The standard InChI is InChI=1S/C27H35F3N4O4/c1-26(17-9-18-31,24(36)33-19-8-14-20-10-4-2-5-11-20)34(38-25(37)27(28,29)30)23(35)22(32)16-15-21-12-6-3-7-13-21/h2-7,10-13,22H,8-9,14-19,31-32H2,1H3,(H,33,36)/t22-,26-/m0/s1. The molecule has 2 amide bonds. The lowest BCUT2D eigenvalue weighted by atomic mass is 9.92. The fourth-order valence-corrected chi connectivity index (χ4v) is 3.85. The fraction of sp³-hybridized carbons (Fsp3) is 0.444. The van der Waals surface area contributed by atoms with Crippen LogP contribution in [-0.4, -0.2) is 53.7 Å². The van der Waals surface area contributed by atoms with Gasteiger partial charge in [-0.2, -0.15) is 18.2 Å². The molecule has 0 aliphatic carbocycles. The number of nitrogens with zero attached hydrogens (tertiary/aromatic N) is 1. The zero-order chi connectivity index (χ0) is 28.2. The van der Waals surface area contributed by atoms with E-state index in [0.29, 0.717) is 19.3 Å². The molecule has 0 aliphatic rings. The van der Waals surface area contributed by atoms with E-state index in [1.54, 1.807) is 12.1 Å². The Bertz CT molecular complexity index is 1040. The van der Waals surface area contributed by atoms with Crippen molar-refractivity contribution in [1.82, 2.24) is 10.4 Å². The summed E-state index contributed by atoms with van der Waals surface area (Å²) >= 11 is 0. The van der Waals surface area contributed by atoms with Crippen LogP contribution in [0.4, 0.5) is 13.2 Å². The van der Waals surface area contributed by atoms with E-state index in [0.717, 1.165) is 11.1 Å². The maximum atomic E-state index is 13.3. The smallest absolute Gasteiger partial charge is 0.354 e. The van der Waals surface area contributed by atoms with Gasteiger partial charge in [0.05, 0.1) is 6.04 Å². The summed E-state index contributed by atoms with van der Waals surface area (Å²) in [7, 11) is 0. The number of amides is 2. The topological polar surface area (TPSA) is 128 Å². The molecule has 0 saturated carbocycles. The minimum absolute atomic E-state index is 0.0502. The molecular formula is C27H35F3N4O4. The Labute approximate surface area is 220 Å². The van der Waals surface area contributed by atoms with Crippen LogP contribution in [0.3, 0.4) is 0 Å². The van der Waals surface area contributed by atoms with Gasteiger partial charge in [0.1, 0.15) is 0 Å². The van der Waals surface area contributed by atoms with Crippen LogP contribution >= 0.6 is 0 Å². The van der Waals surface area contributed by atoms with Crippen molar-refractivity contribution in [3.63, 3.8) is 0 Å². The van der Waals surface area contributed by atoms with Crippen LogP contribution in [0.25, 0.3) is 0 Å². The van der Waals surface area contributed by atoms with Gasteiger partial charge in [0.15, 0.2) is 5.54 Å². The molecule has 5 N–H and O–H groups in total. The zero-order valence-electron chi connectivity index (χ0n) is 21.4. The Hall–Kier alpha value is -3.44. The summed E-state index contributed by atoms with van der Waals surface area (Å²) in [6.45, 7) is 1.51. The molecule has 38 heavy (non-hydrogen) atoms. The second-order valence-corrected chi connectivity index (χ2v) is 9.15. The average Bonchev–Trinajstić information content (AvgIpc) is 2.91. The number of hydroxylamine groups is 2. The first kappa shape index (κ1) is 30.8. The predicted octanol–water partition coefficient (Wildman–Crippen LogP) is 3.04. The van der Waals surface area contributed by atoms with Gasteiger partial charge in [-0.25, -0.2) is 4.79 Å². The van der Waals surface area contributed by atoms with Crippen molar-refractivity contribution in [2.45, 2.75) is 63.2 Å². The normalized spacial score (nSPS) is 13.7. The molecule has 0 bridgehead atoms. The summed E-state index contributed by atoms with van der Waals surface area (Å²) < 4.78 is 39.4. The van der Waals surface area contributed by atoms with Crippen molar-refractivity contribution in [3.8, 4) is 0 Å². The van der Waals surface area contributed by atoms with Crippen LogP contribution in [0, 0.1) is 0 Å². The van der Waals surface area contributed by atoms with E-state index >= 15 is 0 Å². The van der Waals surface area contributed by atoms with Gasteiger partial charge in [-0.3, -0.25) is 9.59 Å². The zero-order valence-corrected chi connectivity index (χ0v) is 21.4. The second-order valence-electron chi connectivity index (χ2n) is 9.15. The molecule has 0 spiro atoms. The number of halogens is 3. The quantitative estimate of drug-likeness (QED) is 0.267. The van der Waals surface area contributed by atoms with E-state index in [9.17, 15) is 27.6 Å². The van der Waals surface area contributed by atoms with E-state index in [2.05, 4.69) is 10.2 Å². The molecule has 2 rings (SSSR count). The highest BCUT2D eigenvalue weighted by Crippen LogP contribution is 2.27. The largest absolute Gasteiger partial charge is 0.493 e. The lowest BCUT2D eigenvalue weighted by molar-refractivity contribution is -0.253. The molecule has 8 nitrogen and oxygen atoms in total. The van der Waals surface area contributed by atoms with Crippen LogP contribution in [0.1, 0.15) is 43.7 Å². The van der Waals surface area contributed by atoms with Crippen molar-refractivity contribution >= 4 is 17.8 Å². The first-order valence-corrected chi connectivity index (χ1v) is 12.4. The molecule has 0 radical (unpaired) electrons. The van der Waals surface area contributed by atoms with Gasteiger partial charge >= 0.3 is 12.1 Å². The summed E-state index contributed by atoms with van der Waals surface area (Å²) in [5.74, 6) is -4.52. The van der Waals surface area contributed by atoms with E-state index in [-0.39, 0.29) is 37.4 Å². The molecule has 2 atom stereocenters. The number of nitrogens with two attached hydrogens (primary N) is 2. The third-order valence-electron chi connectivity index (χ3n) is 6.09. The number of carbonyl (C=O) groups is 3. The molecule has 208 valence electrons.